The van der Waals surface area contributed by atoms with Gasteiger partial charge in [-0.05, 0) is 70.6 Å². The Labute approximate surface area is 236 Å². The second kappa shape index (κ2) is 11.8. The van der Waals surface area contributed by atoms with Crippen molar-refractivity contribution in [2.24, 2.45) is 0 Å². The summed E-state index contributed by atoms with van der Waals surface area (Å²) in [5.41, 5.74) is 1.97. The van der Waals surface area contributed by atoms with Crippen LogP contribution < -0.4 is 20.1 Å². The molecule has 11 heteroatoms. The number of ether oxygens (including phenoxy) is 2. The van der Waals surface area contributed by atoms with Crippen LogP contribution in [0.25, 0.3) is 6.08 Å². The van der Waals surface area contributed by atoms with E-state index in [2.05, 4.69) is 33.2 Å². The summed E-state index contributed by atoms with van der Waals surface area (Å²) in [6.45, 7) is -0.190. The number of carbonyl (C=O) groups is 3. The van der Waals surface area contributed by atoms with E-state index in [1.54, 1.807) is 60.7 Å². The number of nitrogens with one attached hydrogen (secondary N) is 2. The molecular weight excluding hydrogens is 632 g/mol. The average molecular weight is 652 g/mol. The molecule has 4 amide bonds. The number of anilines is 1. The zero-order valence-electron chi connectivity index (χ0n) is 19.4. The molecule has 1 heterocycles. The Morgan fingerprint density at radius 2 is 1.86 bits per heavy atom. The summed E-state index contributed by atoms with van der Waals surface area (Å²) < 4.78 is 11.9. The van der Waals surface area contributed by atoms with Crippen molar-refractivity contribution < 1.29 is 23.9 Å². The van der Waals surface area contributed by atoms with Crippen molar-refractivity contribution in [3.8, 4) is 11.5 Å². The van der Waals surface area contributed by atoms with E-state index in [-0.39, 0.29) is 12.3 Å². The van der Waals surface area contributed by atoms with Crippen molar-refractivity contribution in [1.29, 1.82) is 0 Å². The molecule has 0 saturated carbocycles. The lowest BCUT2D eigenvalue weighted by atomic mass is 10.2. The smallest absolute Gasteiger partial charge is 0.329 e. The van der Waals surface area contributed by atoms with Gasteiger partial charge in [0, 0.05) is 15.6 Å². The van der Waals surface area contributed by atoms with E-state index in [9.17, 15) is 14.4 Å². The fraction of sp³-hybridized carbons (Fsp3) is 0.115. The zero-order valence-corrected chi connectivity index (χ0v) is 23.1. The van der Waals surface area contributed by atoms with E-state index in [1.807, 2.05) is 6.07 Å². The molecule has 2 N–H and O–H groups in total. The SMILES string of the molecule is COc1ccccc1NC(=O)CN1C(=O)N/C(=C/c2ccc(OCc3ccc(Cl)cc3Cl)c(I)c2)C1=O. The molecule has 4 rings (SSSR count). The largest absolute Gasteiger partial charge is 0.495 e. The van der Waals surface area contributed by atoms with E-state index < -0.39 is 24.4 Å². The van der Waals surface area contributed by atoms with Gasteiger partial charge in [-0.3, -0.25) is 9.59 Å². The number of hydrogen-bond acceptors (Lipinski definition) is 5. The molecule has 0 atom stereocenters. The third-order valence-electron chi connectivity index (χ3n) is 5.31. The summed E-state index contributed by atoms with van der Waals surface area (Å²) in [6.07, 6.45) is 1.54. The van der Waals surface area contributed by atoms with Gasteiger partial charge in [-0.15, -0.1) is 0 Å². The molecule has 0 bridgehead atoms. The number of rotatable bonds is 8. The van der Waals surface area contributed by atoms with Crippen molar-refractivity contribution in [3.05, 3.63) is 91.1 Å². The van der Waals surface area contributed by atoms with Crippen molar-refractivity contribution in [2.45, 2.75) is 6.61 Å². The maximum atomic E-state index is 12.8. The van der Waals surface area contributed by atoms with Crippen LogP contribution in [-0.2, 0) is 16.2 Å². The molecule has 37 heavy (non-hydrogen) atoms. The van der Waals surface area contributed by atoms with Gasteiger partial charge in [0.2, 0.25) is 5.91 Å². The lowest BCUT2D eigenvalue weighted by Crippen LogP contribution is -2.38. The second-order valence-electron chi connectivity index (χ2n) is 7.84. The van der Waals surface area contributed by atoms with Gasteiger partial charge in [-0.25, -0.2) is 9.69 Å². The predicted octanol–water partition coefficient (Wildman–Crippen LogP) is 5.72. The number of methoxy groups -OCH3 is 1. The van der Waals surface area contributed by atoms with E-state index >= 15 is 0 Å². The van der Waals surface area contributed by atoms with Gasteiger partial charge >= 0.3 is 6.03 Å². The number of urea groups is 1. The van der Waals surface area contributed by atoms with E-state index in [1.165, 1.54) is 7.11 Å². The lowest BCUT2D eigenvalue weighted by molar-refractivity contribution is -0.127. The molecule has 1 fully saturated rings. The van der Waals surface area contributed by atoms with Crippen molar-refractivity contribution >= 4 is 75.4 Å². The number of halogens is 3. The number of carbonyl (C=O) groups excluding carboxylic acids is 3. The molecule has 190 valence electrons. The molecule has 0 radical (unpaired) electrons. The topological polar surface area (TPSA) is 97.0 Å². The molecule has 3 aromatic rings. The number of amides is 4. The fourth-order valence-electron chi connectivity index (χ4n) is 3.48. The van der Waals surface area contributed by atoms with Crippen molar-refractivity contribution in [2.75, 3.05) is 19.0 Å². The van der Waals surface area contributed by atoms with Crippen LogP contribution in [0.4, 0.5) is 10.5 Å². The van der Waals surface area contributed by atoms with E-state index in [4.69, 9.17) is 32.7 Å². The van der Waals surface area contributed by atoms with Crippen LogP contribution in [0.5, 0.6) is 11.5 Å². The summed E-state index contributed by atoms with van der Waals surface area (Å²) in [7, 11) is 1.48. The molecule has 0 aromatic heterocycles. The van der Waals surface area contributed by atoms with Gasteiger partial charge in [0.25, 0.3) is 5.91 Å². The molecule has 1 saturated heterocycles. The van der Waals surface area contributed by atoms with Gasteiger partial charge in [0.05, 0.1) is 16.4 Å². The Morgan fingerprint density at radius 3 is 2.59 bits per heavy atom. The minimum atomic E-state index is -0.680. The van der Waals surface area contributed by atoms with E-state index in [0.29, 0.717) is 32.8 Å². The molecule has 8 nitrogen and oxygen atoms in total. The first-order valence-corrected chi connectivity index (χ1v) is 12.7. The Bertz CT molecular complexity index is 1410. The molecule has 3 aromatic carbocycles. The van der Waals surface area contributed by atoms with Gasteiger partial charge < -0.3 is 20.1 Å². The Hall–Kier alpha value is -3.28. The maximum Gasteiger partial charge on any atom is 0.329 e. The summed E-state index contributed by atoms with van der Waals surface area (Å²) >= 11 is 14.3. The van der Waals surface area contributed by atoms with Crippen LogP contribution in [0.3, 0.4) is 0 Å². The highest BCUT2D eigenvalue weighted by atomic mass is 127. The zero-order chi connectivity index (χ0) is 26.5. The second-order valence-corrected chi connectivity index (χ2v) is 9.85. The quantitative estimate of drug-likeness (QED) is 0.185. The van der Waals surface area contributed by atoms with Gasteiger partial charge in [-0.1, -0.05) is 47.5 Å². The van der Waals surface area contributed by atoms with Crippen LogP contribution in [0.2, 0.25) is 10.0 Å². The molecule has 1 aliphatic heterocycles. The molecular formula is C26H20Cl2IN3O5. The molecule has 0 spiro atoms. The highest BCUT2D eigenvalue weighted by molar-refractivity contribution is 14.1. The number of imide groups is 1. The first-order chi connectivity index (χ1) is 17.7. The Kier molecular flexibility index (Phi) is 8.57. The van der Waals surface area contributed by atoms with E-state index in [0.717, 1.165) is 14.0 Å². The molecule has 0 aliphatic carbocycles. The maximum absolute atomic E-state index is 12.8. The number of benzene rings is 3. The molecule has 1 aliphatic rings. The number of hydrogen-bond donors (Lipinski definition) is 2. The van der Waals surface area contributed by atoms with Crippen molar-refractivity contribution in [3.63, 3.8) is 0 Å². The normalized spacial score (nSPS) is 14.1. The fourth-order valence-corrected chi connectivity index (χ4v) is 4.64. The van der Waals surface area contributed by atoms with Crippen LogP contribution in [0.15, 0.2) is 66.4 Å². The third-order valence-corrected chi connectivity index (χ3v) is 6.74. The van der Waals surface area contributed by atoms with Gasteiger partial charge in [0.15, 0.2) is 0 Å². The number of para-hydroxylation sites is 2. The van der Waals surface area contributed by atoms with Gasteiger partial charge in [-0.2, -0.15) is 0 Å². The minimum Gasteiger partial charge on any atom is -0.495 e. The highest BCUT2D eigenvalue weighted by Gasteiger charge is 2.35. The van der Waals surface area contributed by atoms with Crippen LogP contribution >= 0.6 is 45.8 Å². The Morgan fingerprint density at radius 1 is 1.08 bits per heavy atom. The highest BCUT2D eigenvalue weighted by Crippen LogP contribution is 2.27. The average Bonchev–Trinajstić information content (AvgIpc) is 3.12. The minimum absolute atomic E-state index is 0.0625. The number of nitrogens with zero attached hydrogens (tertiary/aromatic N) is 1. The summed E-state index contributed by atoms with van der Waals surface area (Å²) in [6, 6.07) is 16.7. The first kappa shape index (κ1) is 26.8. The van der Waals surface area contributed by atoms with Crippen molar-refractivity contribution in [1.82, 2.24) is 10.2 Å². The third kappa shape index (κ3) is 6.54. The van der Waals surface area contributed by atoms with Crippen LogP contribution in [-0.4, -0.2) is 36.4 Å². The van der Waals surface area contributed by atoms with Crippen LogP contribution in [0, 0.1) is 3.57 Å². The standard InChI is InChI=1S/C26H20Cl2IN3O5/c1-36-23-5-3-2-4-20(23)30-24(33)13-32-25(34)21(31-26(32)35)11-15-6-9-22(19(29)10-15)37-14-16-7-8-17(27)12-18(16)28/h2-12H,13-14H2,1H3,(H,30,33)(H,31,35)/b21-11+. The summed E-state index contributed by atoms with van der Waals surface area (Å²) in [5, 5.41) is 6.23. The predicted molar refractivity (Wildman–Crippen MR) is 150 cm³/mol. The summed E-state index contributed by atoms with van der Waals surface area (Å²) in [4.78, 5) is 38.5. The van der Waals surface area contributed by atoms with Crippen LogP contribution in [0.1, 0.15) is 11.1 Å². The van der Waals surface area contributed by atoms with Gasteiger partial charge in [0.1, 0.15) is 30.3 Å². The first-order valence-electron chi connectivity index (χ1n) is 10.9. The summed E-state index contributed by atoms with van der Waals surface area (Å²) in [5.74, 6) is -0.0453. The lowest BCUT2D eigenvalue weighted by Gasteiger charge is -2.13. The Balaban J connectivity index is 1.41. The molecule has 0 unspecified atom stereocenters. The monoisotopic (exact) mass is 651 g/mol.